The average Bonchev–Trinajstić information content (AvgIpc) is 2.43. The van der Waals surface area contributed by atoms with Crippen LogP contribution in [0.25, 0.3) is 10.9 Å². The van der Waals surface area contributed by atoms with Crippen LogP contribution in [0.1, 0.15) is 16.1 Å². The van der Waals surface area contributed by atoms with Crippen LogP contribution in [-0.4, -0.2) is 20.9 Å². The van der Waals surface area contributed by atoms with Crippen molar-refractivity contribution in [1.82, 2.24) is 9.78 Å². The molecule has 0 atom stereocenters. The largest absolute Gasteiger partial charge is 0.478 e. The molecule has 2 rings (SSSR count). The van der Waals surface area contributed by atoms with E-state index in [1.807, 2.05) is 14.0 Å². The summed E-state index contributed by atoms with van der Waals surface area (Å²) < 4.78 is 1.75. The second kappa shape index (κ2) is 2.83. The summed E-state index contributed by atoms with van der Waals surface area (Å²) in [5.41, 5.74) is 2.10. The van der Waals surface area contributed by atoms with Gasteiger partial charge in [-0.2, -0.15) is 5.10 Å². The van der Waals surface area contributed by atoms with Crippen molar-refractivity contribution < 1.29 is 9.90 Å². The monoisotopic (exact) mass is 190 g/mol. The molecule has 1 aromatic carbocycles. The molecule has 0 fully saturated rings. The summed E-state index contributed by atoms with van der Waals surface area (Å²) in [4.78, 5) is 10.7. The number of nitrogens with zero attached hydrogens (tertiary/aromatic N) is 2. The summed E-state index contributed by atoms with van der Waals surface area (Å²) in [5.74, 6) is -0.907. The molecule has 0 saturated heterocycles. The molecule has 1 N–H and O–H groups in total. The van der Waals surface area contributed by atoms with Crippen molar-refractivity contribution in [3.05, 3.63) is 29.5 Å². The van der Waals surface area contributed by atoms with E-state index in [-0.39, 0.29) is 0 Å². The molecule has 0 saturated carbocycles. The molecule has 0 amide bonds. The van der Waals surface area contributed by atoms with Crippen LogP contribution in [0.4, 0.5) is 0 Å². The standard InChI is InChI=1S/C10H10N2O2/c1-6-8-5-7(10(13)14)3-4-9(8)11-12(6)2/h3-5H,1-2H3,(H,13,14). The van der Waals surface area contributed by atoms with Gasteiger partial charge in [0.1, 0.15) is 0 Å². The Morgan fingerprint density at radius 1 is 1.50 bits per heavy atom. The van der Waals surface area contributed by atoms with Crippen LogP contribution in [0.2, 0.25) is 0 Å². The van der Waals surface area contributed by atoms with Gasteiger partial charge in [-0.3, -0.25) is 4.68 Å². The highest BCUT2D eigenvalue weighted by molar-refractivity contribution is 5.94. The number of rotatable bonds is 1. The maximum absolute atomic E-state index is 10.7. The molecule has 0 radical (unpaired) electrons. The Kier molecular flexibility index (Phi) is 1.77. The number of carbonyl (C=O) groups is 1. The van der Waals surface area contributed by atoms with Gasteiger partial charge in [0.2, 0.25) is 0 Å². The molecule has 2 aromatic rings. The van der Waals surface area contributed by atoms with Crippen LogP contribution in [0.15, 0.2) is 18.2 Å². The Morgan fingerprint density at radius 2 is 2.21 bits per heavy atom. The summed E-state index contributed by atoms with van der Waals surface area (Å²) in [5, 5.41) is 13.9. The van der Waals surface area contributed by atoms with Crippen LogP contribution in [0.3, 0.4) is 0 Å². The highest BCUT2D eigenvalue weighted by Crippen LogP contribution is 2.18. The fraction of sp³-hybridized carbons (Fsp3) is 0.200. The second-order valence-electron chi connectivity index (χ2n) is 3.25. The molecule has 0 spiro atoms. The van der Waals surface area contributed by atoms with E-state index in [0.29, 0.717) is 5.56 Å². The van der Waals surface area contributed by atoms with Crippen LogP contribution in [-0.2, 0) is 7.05 Å². The Bertz CT molecular complexity index is 514. The van der Waals surface area contributed by atoms with E-state index in [9.17, 15) is 4.79 Å². The number of fused-ring (bicyclic) bond motifs is 1. The summed E-state index contributed by atoms with van der Waals surface area (Å²) in [7, 11) is 1.84. The van der Waals surface area contributed by atoms with E-state index >= 15 is 0 Å². The molecule has 0 aliphatic rings. The van der Waals surface area contributed by atoms with E-state index in [0.717, 1.165) is 16.6 Å². The molecule has 72 valence electrons. The maximum atomic E-state index is 10.7. The Labute approximate surface area is 80.8 Å². The van der Waals surface area contributed by atoms with Gasteiger partial charge in [0, 0.05) is 18.1 Å². The highest BCUT2D eigenvalue weighted by Gasteiger charge is 2.08. The topological polar surface area (TPSA) is 55.1 Å². The minimum atomic E-state index is -0.907. The number of carboxylic acids is 1. The zero-order valence-electron chi connectivity index (χ0n) is 7.98. The van der Waals surface area contributed by atoms with Crippen LogP contribution >= 0.6 is 0 Å². The first-order valence-corrected chi connectivity index (χ1v) is 4.26. The number of aromatic nitrogens is 2. The molecule has 14 heavy (non-hydrogen) atoms. The van der Waals surface area contributed by atoms with Crippen molar-refractivity contribution in [2.75, 3.05) is 0 Å². The molecule has 4 nitrogen and oxygen atoms in total. The molecule has 0 bridgehead atoms. The van der Waals surface area contributed by atoms with Crippen LogP contribution < -0.4 is 0 Å². The number of carboxylic acid groups (broad SMARTS) is 1. The van der Waals surface area contributed by atoms with Gasteiger partial charge in [-0.25, -0.2) is 4.79 Å². The third-order valence-corrected chi connectivity index (χ3v) is 2.38. The van der Waals surface area contributed by atoms with Crippen molar-refractivity contribution in [2.45, 2.75) is 6.92 Å². The number of hydrogen-bond acceptors (Lipinski definition) is 2. The van der Waals surface area contributed by atoms with E-state index < -0.39 is 5.97 Å². The third kappa shape index (κ3) is 1.16. The van der Waals surface area contributed by atoms with Crippen LogP contribution in [0.5, 0.6) is 0 Å². The first-order valence-electron chi connectivity index (χ1n) is 4.26. The molecule has 0 aliphatic heterocycles. The van der Waals surface area contributed by atoms with Gasteiger partial charge in [-0.1, -0.05) is 0 Å². The van der Waals surface area contributed by atoms with Gasteiger partial charge < -0.3 is 5.11 Å². The zero-order valence-corrected chi connectivity index (χ0v) is 7.98. The second-order valence-corrected chi connectivity index (χ2v) is 3.25. The summed E-state index contributed by atoms with van der Waals surface area (Å²) in [6.45, 7) is 1.92. The van der Waals surface area contributed by atoms with Gasteiger partial charge in [0.15, 0.2) is 0 Å². The number of aromatic carboxylic acids is 1. The smallest absolute Gasteiger partial charge is 0.335 e. The maximum Gasteiger partial charge on any atom is 0.335 e. The molecule has 1 aromatic heterocycles. The van der Waals surface area contributed by atoms with E-state index in [1.54, 1.807) is 22.9 Å². The van der Waals surface area contributed by atoms with Crippen molar-refractivity contribution in [3.8, 4) is 0 Å². The van der Waals surface area contributed by atoms with Gasteiger partial charge >= 0.3 is 5.97 Å². The quantitative estimate of drug-likeness (QED) is 0.742. The molecule has 0 aliphatic carbocycles. The lowest BCUT2D eigenvalue weighted by molar-refractivity contribution is 0.0697. The van der Waals surface area contributed by atoms with E-state index in [4.69, 9.17) is 5.11 Å². The minimum absolute atomic E-state index is 0.300. The van der Waals surface area contributed by atoms with E-state index in [2.05, 4.69) is 5.10 Å². The molecular weight excluding hydrogens is 180 g/mol. The Hall–Kier alpha value is -1.84. The lowest BCUT2D eigenvalue weighted by Gasteiger charge is -1.94. The average molecular weight is 190 g/mol. The predicted octanol–water partition coefficient (Wildman–Crippen LogP) is 1.58. The summed E-state index contributed by atoms with van der Waals surface area (Å²) >= 11 is 0. The lowest BCUT2D eigenvalue weighted by Crippen LogP contribution is -1.95. The van der Waals surface area contributed by atoms with Gasteiger partial charge in [0.25, 0.3) is 0 Å². The van der Waals surface area contributed by atoms with E-state index in [1.165, 1.54) is 0 Å². The number of aryl methyl sites for hydroxylation is 2. The fourth-order valence-corrected chi connectivity index (χ4v) is 1.46. The normalized spacial score (nSPS) is 10.7. The van der Waals surface area contributed by atoms with Crippen molar-refractivity contribution in [3.63, 3.8) is 0 Å². The molecule has 1 heterocycles. The Morgan fingerprint density at radius 3 is 2.86 bits per heavy atom. The molecule has 0 unspecified atom stereocenters. The first-order chi connectivity index (χ1) is 6.59. The zero-order chi connectivity index (χ0) is 10.3. The molecule has 4 heteroatoms. The number of hydrogen-bond donors (Lipinski definition) is 1. The highest BCUT2D eigenvalue weighted by atomic mass is 16.4. The summed E-state index contributed by atoms with van der Waals surface area (Å²) in [6, 6.07) is 4.95. The lowest BCUT2D eigenvalue weighted by atomic mass is 10.1. The van der Waals surface area contributed by atoms with Crippen molar-refractivity contribution >= 4 is 16.9 Å². The van der Waals surface area contributed by atoms with Crippen molar-refractivity contribution in [1.29, 1.82) is 0 Å². The van der Waals surface area contributed by atoms with Gasteiger partial charge in [0.05, 0.1) is 11.1 Å². The van der Waals surface area contributed by atoms with Gasteiger partial charge in [-0.15, -0.1) is 0 Å². The summed E-state index contributed by atoms with van der Waals surface area (Å²) in [6.07, 6.45) is 0. The fourth-order valence-electron chi connectivity index (χ4n) is 1.46. The minimum Gasteiger partial charge on any atom is -0.478 e. The SMILES string of the molecule is Cc1c2cc(C(=O)O)ccc2nn1C. The third-order valence-electron chi connectivity index (χ3n) is 2.38. The van der Waals surface area contributed by atoms with Crippen LogP contribution in [0, 0.1) is 6.92 Å². The Balaban J connectivity index is 2.76. The molecular formula is C10H10N2O2. The van der Waals surface area contributed by atoms with Crippen molar-refractivity contribution in [2.24, 2.45) is 7.05 Å². The predicted molar refractivity (Wildman–Crippen MR) is 52.4 cm³/mol. The number of benzene rings is 1. The van der Waals surface area contributed by atoms with Gasteiger partial charge in [-0.05, 0) is 25.1 Å². The first kappa shape index (κ1) is 8.74.